The summed E-state index contributed by atoms with van der Waals surface area (Å²) in [6, 6.07) is 9.38. The number of β-lactam (4-membered cyclic amide) rings is 1. The summed E-state index contributed by atoms with van der Waals surface area (Å²) in [5.74, 6) is 0.277. The first-order chi connectivity index (χ1) is 8.77. The zero-order chi connectivity index (χ0) is 13.0. The standard InChI is InChI=1S/C13H16ClNO3/c14-6-7-15-11(8-16)12(13(15)17)18-9-10-4-2-1-3-5-10/h1-5,11-12,16H,6-9H2/t11-,12+/m0/s1. The minimum Gasteiger partial charge on any atom is -0.394 e. The van der Waals surface area contributed by atoms with Gasteiger partial charge in [0.2, 0.25) is 0 Å². The van der Waals surface area contributed by atoms with Crippen molar-refractivity contribution in [3.63, 3.8) is 0 Å². The normalized spacial score (nSPS) is 23.0. The molecule has 1 aliphatic rings. The van der Waals surface area contributed by atoms with Gasteiger partial charge in [0.1, 0.15) is 0 Å². The lowest BCUT2D eigenvalue weighted by molar-refractivity contribution is -0.178. The average Bonchev–Trinajstić information content (AvgIpc) is 2.42. The summed E-state index contributed by atoms with van der Waals surface area (Å²) in [6.07, 6.45) is -0.543. The molecule has 1 fully saturated rings. The lowest BCUT2D eigenvalue weighted by Crippen LogP contribution is -2.67. The predicted molar refractivity (Wildman–Crippen MR) is 68.3 cm³/mol. The predicted octanol–water partition coefficient (Wildman–Crippen LogP) is 1.01. The van der Waals surface area contributed by atoms with Gasteiger partial charge >= 0.3 is 0 Å². The number of aliphatic hydroxyl groups excluding tert-OH is 1. The van der Waals surface area contributed by atoms with E-state index in [0.717, 1.165) is 5.56 Å². The molecule has 0 aliphatic carbocycles. The van der Waals surface area contributed by atoms with Crippen LogP contribution in [0.2, 0.25) is 0 Å². The number of carbonyl (C=O) groups excluding carboxylic acids is 1. The highest BCUT2D eigenvalue weighted by molar-refractivity contribution is 6.18. The van der Waals surface area contributed by atoms with E-state index < -0.39 is 6.10 Å². The number of aliphatic hydroxyl groups is 1. The summed E-state index contributed by atoms with van der Waals surface area (Å²) >= 11 is 5.60. The van der Waals surface area contributed by atoms with Crippen LogP contribution in [0.25, 0.3) is 0 Å². The fraction of sp³-hybridized carbons (Fsp3) is 0.462. The zero-order valence-electron chi connectivity index (χ0n) is 9.96. The Morgan fingerprint density at radius 3 is 2.67 bits per heavy atom. The maximum atomic E-state index is 11.8. The molecule has 1 saturated heterocycles. The van der Waals surface area contributed by atoms with E-state index in [0.29, 0.717) is 19.0 Å². The first-order valence-electron chi connectivity index (χ1n) is 5.90. The molecule has 5 heteroatoms. The van der Waals surface area contributed by atoms with Crippen LogP contribution < -0.4 is 0 Å². The van der Waals surface area contributed by atoms with Crippen molar-refractivity contribution in [1.82, 2.24) is 4.90 Å². The molecule has 0 unspecified atom stereocenters. The van der Waals surface area contributed by atoms with E-state index in [2.05, 4.69) is 0 Å². The number of hydrogen-bond acceptors (Lipinski definition) is 3. The lowest BCUT2D eigenvalue weighted by atomic mass is 9.99. The molecule has 1 aromatic rings. The number of halogens is 1. The number of likely N-dealkylation sites (tertiary alicyclic amines) is 1. The summed E-state index contributed by atoms with van der Waals surface area (Å²) in [5, 5.41) is 9.25. The smallest absolute Gasteiger partial charge is 0.254 e. The molecule has 1 amide bonds. The van der Waals surface area contributed by atoms with Crippen LogP contribution in [0.1, 0.15) is 5.56 Å². The van der Waals surface area contributed by atoms with Crippen molar-refractivity contribution in [2.75, 3.05) is 19.0 Å². The number of carbonyl (C=O) groups is 1. The molecule has 1 aliphatic heterocycles. The van der Waals surface area contributed by atoms with Crippen LogP contribution >= 0.6 is 11.6 Å². The number of nitrogens with zero attached hydrogens (tertiary/aromatic N) is 1. The van der Waals surface area contributed by atoms with Gasteiger partial charge in [-0.25, -0.2) is 0 Å². The Morgan fingerprint density at radius 1 is 1.33 bits per heavy atom. The number of ether oxygens (including phenoxy) is 1. The van der Waals surface area contributed by atoms with E-state index in [1.165, 1.54) is 0 Å². The monoisotopic (exact) mass is 269 g/mol. The molecule has 1 aromatic carbocycles. The van der Waals surface area contributed by atoms with Crippen molar-refractivity contribution >= 4 is 17.5 Å². The minimum atomic E-state index is -0.543. The van der Waals surface area contributed by atoms with Crippen LogP contribution in [0, 0.1) is 0 Å². The largest absolute Gasteiger partial charge is 0.394 e. The van der Waals surface area contributed by atoms with Gasteiger partial charge in [-0.2, -0.15) is 0 Å². The van der Waals surface area contributed by atoms with Gasteiger partial charge in [-0.3, -0.25) is 4.79 Å². The molecular formula is C13H16ClNO3. The van der Waals surface area contributed by atoms with Crippen LogP contribution in [0.5, 0.6) is 0 Å². The van der Waals surface area contributed by atoms with E-state index >= 15 is 0 Å². The van der Waals surface area contributed by atoms with E-state index in [4.69, 9.17) is 16.3 Å². The molecule has 2 atom stereocenters. The van der Waals surface area contributed by atoms with Gasteiger partial charge in [-0.1, -0.05) is 30.3 Å². The molecule has 18 heavy (non-hydrogen) atoms. The number of alkyl halides is 1. The second-order valence-electron chi connectivity index (χ2n) is 4.19. The van der Waals surface area contributed by atoms with Gasteiger partial charge in [-0.15, -0.1) is 11.6 Å². The number of rotatable bonds is 6. The summed E-state index contributed by atoms with van der Waals surface area (Å²) in [5.41, 5.74) is 1.01. The van der Waals surface area contributed by atoms with Crippen LogP contribution in [0.3, 0.4) is 0 Å². The van der Waals surface area contributed by atoms with E-state index in [9.17, 15) is 9.90 Å². The molecule has 1 N–H and O–H groups in total. The van der Waals surface area contributed by atoms with Gasteiger partial charge in [0.05, 0.1) is 19.3 Å². The highest BCUT2D eigenvalue weighted by atomic mass is 35.5. The van der Waals surface area contributed by atoms with Gasteiger partial charge in [-0.05, 0) is 5.56 Å². The molecule has 0 aromatic heterocycles. The van der Waals surface area contributed by atoms with Crippen molar-refractivity contribution < 1.29 is 14.6 Å². The summed E-state index contributed by atoms with van der Waals surface area (Å²) in [7, 11) is 0. The van der Waals surface area contributed by atoms with Gasteiger partial charge in [0.15, 0.2) is 6.10 Å². The minimum absolute atomic E-state index is 0.0920. The Bertz CT molecular complexity index is 398. The summed E-state index contributed by atoms with van der Waals surface area (Å²) in [6.45, 7) is 0.737. The number of amides is 1. The second-order valence-corrected chi connectivity index (χ2v) is 4.57. The average molecular weight is 270 g/mol. The van der Waals surface area contributed by atoms with Gasteiger partial charge < -0.3 is 14.7 Å². The molecule has 0 radical (unpaired) electrons. The summed E-state index contributed by atoms with van der Waals surface area (Å²) in [4.78, 5) is 13.3. The first-order valence-corrected chi connectivity index (χ1v) is 6.44. The molecule has 0 spiro atoms. The topological polar surface area (TPSA) is 49.8 Å². The van der Waals surface area contributed by atoms with Crippen molar-refractivity contribution in [3.8, 4) is 0 Å². The Balaban J connectivity index is 1.88. The van der Waals surface area contributed by atoms with E-state index in [1.54, 1.807) is 4.90 Å². The van der Waals surface area contributed by atoms with Gasteiger partial charge in [0, 0.05) is 12.4 Å². The Kier molecular flexibility index (Phi) is 4.58. The Morgan fingerprint density at radius 2 is 2.06 bits per heavy atom. The van der Waals surface area contributed by atoms with Crippen molar-refractivity contribution in [3.05, 3.63) is 35.9 Å². The molecule has 2 rings (SSSR count). The van der Waals surface area contributed by atoms with Crippen LogP contribution in [-0.4, -0.2) is 47.1 Å². The quantitative estimate of drug-likeness (QED) is 0.620. The summed E-state index contributed by atoms with van der Waals surface area (Å²) < 4.78 is 5.56. The van der Waals surface area contributed by atoms with E-state index in [1.807, 2.05) is 30.3 Å². The SMILES string of the molecule is O=C1[C@H](OCc2ccccc2)[C@H](CO)N1CCCl. The van der Waals surface area contributed by atoms with Crippen LogP contribution in [0.15, 0.2) is 30.3 Å². The first kappa shape index (κ1) is 13.3. The van der Waals surface area contributed by atoms with Crippen LogP contribution in [-0.2, 0) is 16.1 Å². The maximum Gasteiger partial charge on any atom is 0.254 e. The number of hydrogen-bond donors (Lipinski definition) is 1. The highest BCUT2D eigenvalue weighted by Gasteiger charge is 2.47. The fourth-order valence-electron chi connectivity index (χ4n) is 2.08. The third kappa shape index (κ3) is 2.66. The molecular weight excluding hydrogens is 254 g/mol. The maximum absolute atomic E-state index is 11.8. The Hall–Kier alpha value is -1.10. The molecule has 0 bridgehead atoms. The molecule has 0 saturated carbocycles. The van der Waals surface area contributed by atoms with Crippen molar-refractivity contribution in [2.45, 2.75) is 18.8 Å². The van der Waals surface area contributed by atoms with Gasteiger partial charge in [0.25, 0.3) is 5.91 Å². The molecule has 98 valence electrons. The highest BCUT2D eigenvalue weighted by Crippen LogP contribution is 2.23. The van der Waals surface area contributed by atoms with Crippen LogP contribution in [0.4, 0.5) is 0 Å². The third-order valence-corrected chi connectivity index (χ3v) is 3.23. The van der Waals surface area contributed by atoms with E-state index in [-0.39, 0.29) is 18.6 Å². The van der Waals surface area contributed by atoms with Crippen molar-refractivity contribution in [2.24, 2.45) is 0 Å². The fourth-order valence-corrected chi connectivity index (χ4v) is 2.26. The zero-order valence-corrected chi connectivity index (χ0v) is 10.7. The molecule has 4 nitrogen and oxygen atoms in total. The molecule has 1 heterocycles. The van der Waals surface area contributed by atoms with Crippen molar-refractivity contribution in [1.29, 1.82) is 0 Å². The lowest BCUT2D eigenvalue weighted by Gasteiger charge is -2.45. The Labute approximate surface area is 111 Å². The number of benzene rings is 1. The second kappa shape index (κ2) is 6.18. The third-order valence-electron chi connectivity index (χ3n) is 3.06.